The molecule has 1 N–H and O–H groups in total. The zero-order valence-electron chi connectivity index (χ0n) is 78.8. The van der Waals surface area contributed by atoms with Gasteiger partial charge in [0.2, 0.25) is 0 Å². The molecule has 9 aliphatic heterocycles. The summed E-state index contributed by atoms with van der Waals surface area (Å²) in [6, 6.07) is 20.6. The number of esters is 3. The van der Waals surface area contributed by atoms with Crippen molar-refractivity contribution >= 4 is 131 Å². The van der Waals surface area contributed by atoms with Crippen LogP contribution in [0.25, 0.3) is 0 Å². The van der Waals surface area contributed by atoms with E-state index in [1.807, 2.05) is 76.8 Å². The third-order valence-electron chi connectivity index (χ3n) is 26.8. The molecule has 4 spiro atoms. The number of piperidine rings is 4. The number of ether oxygens (including phenoxy) is 8. The molecule has 4 aromatic carbocycles. The van der Waals surface area contributed by atoms with Gasteiger partial charge in [0.05, 0.1) is 82.2 Å². The number of methoxy groups -OCH3 is 3. The number of aromatic carboxylic acids is 1. The number of hydrogen-bond acceptors (Lipinski definition) is 26. The minimum absolute atomic E-state index is 0.0689. The van der Waals surface area contributed by atoms with Gasteiger partial charge in [-0.05, 0) is 300 Å². The van der Waals surface area contributed by atoms with Crippen LogP contribution in [0.15, 0.2) is 92.0 Å². The van der Waals surface area contributed by atoms with E-state index >= 15 is 0 Å². The molecule has 718 valence electrons. The maximum Gasteiger partial charge on any atom is 0.410 e. The zero-order chi connectivity index (χ0) is 94.7. The Hall–Kier alpha value is -7.92. The predicted octanol–water partition coefficient (Wildman–Crippen LogP) is 17.3. The van der Waals surface area contributed by atoms with Crippen LogP contribution in [0.5, 0.6) is 0 Å². The largest absolute Gasteiger partial charge is 0.478 e. The topological polar surface area (TPSA) is 325 Å². The molecule has 9 heterocycles. The first kappa shape index (κ1) is 101. The molecule has 0 aromatic heterocycles. The van der Waals surface area contributed by atoms with Gasteiger partial charge in [-0.25, -0.2) is 55.2 Å². The second-order valence-corrected chi connectivity index (χ2v) is 49.0. The summed E-state index contributed by atoms with van der Waals surface area (Å²) in [5, 5.41) is 8.88. The van der Waals surface area contributed by atoms with Gasteiger partial charge in [-0.1, -0.05) is 15.9 Å². The zero-order valence-corrected chi connectivity index (χ0v) is 83.7. The minimum atomic E-state index is -3.70. The van der Waals surface area contributed by atoms with Crippen molar-refractivity contribution in [3.8, 4) is 0 Å². The van der Waals surface area contributed by atoms with Gasteiger partial charge in [0.1, 0.15) is 32.9 Å². The predicted molar refractivity (Wildman–Crippen MR) is 507 cm³/mol. The van der Waals surface area contributed by atoms with Gasteiger partial charge in [0.25, 0.3) is 0 Å². The number of carbonyl (C=O) groups is 8. The Morgan fingerprint density at radius 2 is 0.708 bits per heavy atom. The van der Waals surface area contributed by atoms with Crippen LogP contribution in [0.2, 0.25) is 0 Å². The second kappa shape index (κ2) is 40.7. The van der Waals surface area contributed by atoms with Gasteiger partial charge in [0, 0.05) is 131 Å². The summed E-state index contributed by atoms with van der Waals surface area (Å²) in [6.07, 6.45) is 21.1. The third kappa shape index (κ3) is 26.6. The molecular weight excluding hydrogens is 1810 g/mol. The number of amides is 4. The van der Waals surface area contributed by atoms with E-state index in [-0.39, 0.29) is 65.7 Å². The van der Waals surface area contributed by atoms with Gasteiger partial charge in [-0.15, -0.1) is 11.8 Å². The number of carbonyl (C=O) groups excluding carboxylic acids is 7. The molecule has 4 aliphatic carbocycles. The molecular formula is C96H137BrN8O21S4. The van der Waals surface area contributed by atoms with Crippen LogP contribution >= 0.6 is 40.3 Å². The van der Waals surface area contributed by atoms with E-state index < -0.39 is 76.7 Å². The first-order valence-corrected chi connectivity index (χ1v) is 51.3. The van der Waals surface area contributed by atoms with Crippen molar-refractivity contribution in [2.75, 3.05) is 152 Å². The number of carboxylic acid groups (broad SMARTS) is 1. The Labute approximate surface area is 786 Å². The lowest BCUT2D eigenvalue weighted by Gasteiger charge is -2.39. The van der Waals surface area contributed by atoms with Crippen LogP contribution in [0.4, 0.5) is 41.9 Å². The molecule has 29 nitrogen and oxygen atoms in total. The Morgan fingerprint density at radius 1 is 0.415 bits per heavy atom. The van der Waals surface area contributed by atoms with Crippen molar-refractivity contribution in [2.45, 2.75) is 270 Å². The number of thiol groups is 1. The first-order valence-electron chi connectivity index (χ1n) is 46.0. The number of benzene rings is 4. The van der Waals surface area contributed by atoms with Crippen molar-refractivity contribution in [1.82, 2.24) is 19.6 Å². The Kier molecular flexibility index (Phi) is 31.6. The number of nitrogens with zero attached hydrogens (tertiary/aromatic N) is 8. The van der Waals surface area contributed by atoms with Crippen molar-refractivity contribution in [3.63, 3.8) is 0 Å². The fourth-order valence-electron chi connectivity index (χ4n) is 17.6. The molecule has 1 atom stereocenters. The monoisotopic (exact) mass is 1940 g/mol. The number of carboxylic acids is 1. The number of halogens is 1. The smallest absolute Gasteiger partial charge is 0.410 e. The molecule has 34 heteroatoms. The van der Waals surface area contributed by atoms with Gasteiger partial charge in [0.15, 0.2) is 19.7 Å². The minimum Gasteiger partial charge on any atom is -0.478 e. The summed E-state index contributed by atoms with van der Waals surface area (Å²) in [6.45, 7) is 35.2. The molecule has 130 heavy (non-hydrogen) atoms. The molecule has 13 aliphatic rings. The van der Waals surface area contributed by atoms with Crippen molar-refractivity contribution in [3.05, 3.63) is 99.5 Å². The standard InChI is InChI=1S/C23H32N2O6S.C23H32N2O4S.C22H30N2O6S.C15H18BrNO2.C8H15NO2S.C5H10O/c1-22(2,3)31-21(27)25-14-17(15-25)32(28,29)16-5-6-18(20(26)30-4)19(13-16)24-11-9-23(7-8-23)10-12-24;1-22(2,3)29-21(27)25-14-17(15-25)30-16-5-6-18(20(26)28-4)19(13-16)24-11-9-23(7-8-23)10-12-24;1-21(2,3)30-20(27)24-13-16(14-24)31(28,29)15-4-5-17(19(25)26)18(12-15)23-10-8-22(6-7-22)9-11-23;1-19-14(18)12-3-2-11(16)10-13(12)17-8-6-15(4-5-15)7-9-17;1-8(2,3)11-7(10)9-4-6(12)5-9;1-5-3-2-4-6-5/h5-6,13,17H,7-12,14-15H2,1-4H3;5-6,13,17H,7-12,14-15H2,1-4H3;4-5,12,16H,6-11,13-14H2,1-3H3,(H,25,26);2-3,10H,4-9H2,1H3;6,12H,4-5H2,1-3H3;5H,2-4H2,1H3. The van der Waals surface area contributed by atoms with E-state index in [1.54, 1.807) is 75.2 Å². The molecule has 0 bridgehead atoms. The SMILES string of the molecule is CC(C)(C)OC(=O)N1CC(S(=O)(=O)c2ccc(C(=O)O)c(N3CCC4(CC3)CC4)c2)C1.CC(C)(C)OC(=O)N1CC(S)C1.CC1CCCO1.COC(=O)c1ccc(Br)cc1N1CCC2(CC1)CC2.COC(=O)c1ccc(S(=O)(=O)C2CN(C(=O)OC(C)(C)C)C2)cc1N1CCC2(CC1)CC2.COC(=O)c1ccc(SC2CN(C(=O)OC(C)(C)C)C2)cc1N1CCC2(CC1)CC2. The van der Waals surface area contributed by atoms with E-state index in [4.69, 9.17) is 37.9 Å². The summed E-state index contributed by atoms with van der Waals surface area (Å²) < 4.78 is 95.0. The summed E-state index contributed by atoms with van der Waals surface area (Å²) in [4.78, 5) is 112. The number of hydrogen-bond donors (Lipinski definition) is 2. The molecule has 1 unspecified atom stereocenters. The molecule has 17 rings (SSSR count). The third-order valence-corrected chi connectivity index (χ3v) is 33.0. The summed E-state index contributed by atoms with van der Waals surface area (Å²) in [5.41, 5.74) is 4.84. The number of thioether (sulfide) groups is 1. The highest BCUT2D eigenvalue weighted by atomic mass is 79.9. The highest BCUT2D eigenvalue weighted by Gasteiger charge is 2.51. The number of anilines is 4. The van der Waals surface area contributed by atoms with E-state index in [0.29, 0.717) is 92.5 Å². The average molecular weight is 1950 g/mol. The van der Waals surface area contributed by atoms with Crippen molar-refractivity contribution in [1.29, 1.82) is 0 Å². The van der Waals surface area contributed by atoms with Crippen LogP contribution in [0.3, 0.4) is 0 Å². The van der Waals surface area contributed by atoms with E-state index in [2.05, 4.69) is 56.2 Å². The second-order valence-electron chi connectivity index (χ2n) is 41.5. The number of sulfone groups is 2. The van der Waals surface area contributed by atoms with E-state index in [1.165, 1.54) is 145 Å². The summed E-state index contributed by atoms with van der Waals surface area (Å²) >= 11 is 9.45. The van der Waals surface area contributed by atoms with Gasteiger partial charge < -0.3 is 82.2 Å². The Morgan fingerprint density at radius 3 is 0.992 bits per heavy atom. The first-order chi connectivity index (χ1) is 60.9. The van der Waals surface area contributed by atoms with Crippen molar-refractivity contribution < 1.29 is 98.2 Å². The lowest BCUT2D eigenvalue weighted by molar-refractivity contribution is 0.0128. The lowest BCUT2D eigenvalue weighted by atomic mass is 9.93. The fourth-order valence-corrected chi connectivity index (χ4v) is 22.9. The normalized spacial score (nSPS) is 21.2. The van der Waals surface area contributed by atoms with Crippen LogP contribution in [-0.2, 0) is 57.6 Å². The maximum absolute atomic E-state index is 13.3. The highest BCUT2D eigenvalue weighted by Crippen LogP contribution is 2.57. The van der Waals surface area contributed by atoms with Gasteiger partial charge in [-0.3, -0.25) is 0 Å². The van der Waals surface area contributed by atoms with E-state index in [9.17, 15) is 60.3 Å². The van der Waals surface area contributed by atoms with Crippen LogP contribution in [0, 0.1) is 21.7 Å². The fraction of sp³-hybridized carbons (Fsp3) is 0.667. The molecule has 9 saturated heterocycles. The maximum atomic E-state index is 13.3. The van der Waals surface area contributed by atoms with Gasteiger partial charge in [-0.2, -0.15) is 12.6 Å². The van der Waals surface area contributed by atoms with Gasteiger partial charge >= 0.3 is 48.3 Å². The Bertz CT molecular complexity index is 4960. The summed E-state index contributed by atoms with van der Waals surface area (Å²) in [7, 11) is -3.16. The quantitative estimate of drug-likeness (QED) is 0.0673. The lowest BCUT2D eigenvalue weighted by Crippen LogP contribution is -2.57. The van der Waals surface area contributed by atoms with Crippen LogP contribution < -0.4 is 19.6 Å². The van der Waals surface area contributed by atoms with Crippen LogP contribution in [0.1, 0.15) is 247 Å². The van der Waals surface area contributed by atoms with E-state index in [0.717, 1.165) is 105 Å². The number of likely N-dealkylation sites (tertiary alicyclic amines) is 4. The summed E-state index contributed by atoms with van der Waals surface area (Å²) in [5.74, 6) is -2.08. The average Bonchev–Trinajstić information content (AvgIpc) is 0.848. The molecule has 0 radical (unpaired) electrons. The Balaban J connectivity index is 0.000000149. The molecule has 4 aromatic rings. The van der Waals surface area contributed by atoms with Crippen LogP contribution in [-0.4, -0.2) is 272 Å². The van der Waals surface area contributed by atoms with Crippen molar-refractivity contribution in [2.24, 2.45) is 21.7 Å². The number of rotatable bonds is 14. The highest BCUT2D eigenvalue weighted by molar-refractivity contribution is 9.10. The molecule has 4 amide bonds. The molecule has 4 saturated carbocycles. The molecule has 13 fully saturated rings.